The molecule has 2 rings (SSSR count). The van der Waals surface area contributed by atoms with Crippen molar-refractivity contribution in [3.05, 3.63) is 29.3 Å². The van der Waals surface area contributed by atoms with Gasteiger partial charge in [0.15, 0.2) is 6.29 Å². The fourth-order valence-corrected chi connectivity index (χ4v) is 1.25. The summed E-state index contributed by atoms with van der Waals surface area (Å²) in [6, 6.07) is 5.36. The molecule has 1 aromatic rings. The molecule has 0 bridgehead atoms. The fraction of sp³-hybridized carbons (Fsp3) is 0.250. The number of benzene rings is 1. The quantitative estimate of drug-likeness (QED) is 0.545. The van der Waals surface area contributed by atoms with Gasteiger partial charge in [-0.2, -0.15) is 0 Å². The topological polar surface area (TPSA) is 49.7 Å². The normalized spacial score (nSPS) is 20.3. The van der Waals surface area contributed by atoms with Gasteiger partial charge in [0.1, 0.15) is 0 Å². The van der Waals surface area contributed by atoms with Gasteiger partial charge in [0, 0.05) is 5.56 Å². The maximum Gasteiger partial charge on any atom is 0.334 e. The summed E-state index contributed by atoms with van der Waals surface area (Å²) in [5.41, 5.74) is 2.38. The maximum absolute atomic E-state index is 9.27. The molecule has 0 spiro atoms. The van der Waals surface area contributed by atoms with Crippen LogP contribution in [0.1, 0.15) is 17.4 Å². The molecule has 0 amide bonds. The van der Waals surface area contributed by atoms with Crippen LogP contribution in [0.3, 0.4) is 0 Å². The molecule has 0 aliphatic carbocycles. The molecule has 2 N–H and O–H groups in total. The molecule has 0 fully saturated rings. The number of hydrogen-bond donors (Lipinski definition) is 2. The van der Waals surface area contributed by atoms with Gasteiger partial charge in [-0.3, -0.25) is 0 Å². The summed E-state index contributed by atoms with van der Waals surface area (Å²) >= 11 is 0. The van der Waals surface area contributed by atoms with Crippen molar-refractivity contribution < 1.29 is 14.9 Å². The van der Waals surface area contributed by atoms with Crippen LogP contribution < -0.4 is 5.46 Å². The first-order valence-electron chi connectivity index (χ1n) is 3.71. The van der Waals surface area contributed by atoms with Crippen molar-refractivity contribution in [2.24, 2.45) is 0 Å². The number of rotatable bonds is 1. The van der Waals surface area contributed by atoms with Gasteiger partial charge in [0.25, 0.3) is 0 Å². The first-order valence-corrected chi connectivity index (χ1v) is 3.71. The molecule has 1 aliphatic heterocycles. The molecular formula is C8H8BO3. The van der Waals surface area contributed by atoms with E-state index in [2.05, 4.69) is 0 Å². The Labute approximate surface area is 70.9 Å². The molecule has 0 aromatic heterocycles. The largest absolute Gasteiger partial charge is 0.407 e. The number of aliphatic hydroxyl groups is 2. The smallest absolute Gasteiger partial charge is 0.334 e. The molecular weight excluding hydrogens is 155 g/mol. The lowest BCUT2D eigenvalue weighted by Gasteiger charge is -2.04. The van der Waals surface area contributed by atoms with E-state index >= 15 is 0 Å². The standard InChI is InChI=1S/C8H8BO3/c10-4-5-1-2-7-6(3-5)8(11)12-9-7/h1-3,8,10-11H,4H2. The van der Waals surface area contributed by atoms with E-state index in [1.807, 2.05) is 6.07 Å². The zero-order valence-electron chi connectivity index (χ0n) is 6.40. The highest BCUT2D eigenvalue weighted by atomic mass is 16.6. The summed E-state index contributed by atoms with van der Waals surface area (Å²) in [7, 11) is 1.52. The number of fused-ring (bicyclic) bond motifs is 1. The van der Waals surface area contributed by atoms with Crippen LogP contribution in [0.15, 0.2) is 18.2 Å². The minimum Gasteiger partial charge on any atom is -0.407 e. The zero-order valence-corrected chi connectivity index (χ0v) is 6.40. The molecule has 1 radical (unpaired) electrons. The van der Waals surface area contributed by atoms with E-state index in [0.717, 1.165) is 16.6 Å². The average Bonchev–Trinajstić information content (AvgIpc) is 2.47. The second-order valence-corrected chi connectivity index (χ2v) is 2.73. The van der Waals surface area contributed by atoms with E-state index in [9.17, 15) is 5.11 Å². The van der Waals surface area contributed by atoms with Crippen molar-refractivity contribution >= 4 is 12.9 Å². The second kappa shape index (κ2) is 2.90. The van der Waals surface area contributed by atoms with Crippen molar-refractivity contribution in [1.29, 1.82) is 0 Å². The second-order valence-electron chi connectivity index (χ2n) is 2.73. The van der Waals surface area contributed by atoms with Crippen molar-refractivity contribution in [2.45, 2.75) is 12.9 Å². The molecule has 61 valence electrons. The van der Waals surface area contributed by atoms with E-state index in [1.165, 1.54) is 7.48 Å². The Hall–Kier alpha value is -0.835. The zero-order chi connectivity index (χ0) is 8.55. The van der Waals surface area contributed by atoms with Crippen molar-refractivity contribution in [1.82, 2.24) is 0 Å². The minimum absolute atomic E-state index is 0.0139. The molecule has 1 aliphatic rings. The number of aliphatic hydroxyl groups excluding tert-OH is 2. The summed E-state index contributed by atoms with van der Waals surface area (Å²) in [6.07, 6.45) is -0.869. The highest BCUT2D eigenvalue weighted by Gasteiger charge is 2.21. The minimum atomic E-state index is -0.869. The predicted molar refractivity (Wildman–Crippen MR) is 43.8 cm³/mol. The van der Waals surface area contributed by atoms with Crippen LogP contribution in [0.4, 0.5) is 0 Å². The van der Waals surface area contributed by atoms with Gasteiger partial charge in [0.05, 0.1) is 6.61 Å². The average molecular weight is 163 g/mol. The Bertz CT molecular complexity index is 300. The Morgan fingerprint density at radius 3 is 3.08 bits per heavy atom. The monoisotopic (exact) mass is 163 g/mol. The summed E-state index contributed by atoms with van der Waals surface area (Å²) < 4.78 is 4.87. The molecule has 1 heterocycles. The Kier molecular flexibility index (Phi) is 1.88. The fourth-order valence-electron chi connectivity index (χ4n) is 1.25. The van der Waals surface area contributed by atoms with Crippen LogP contribution >= 0.6 is 0 Å². The van der Waals surface area contributed by atoms with E-state index in [-0.39, 0.29) is 6.61 Å². The van der Waals surface area contributed by atoms with Crippen LogP contribution in [0.2, 0.25) is 0 Å². The van der Waals surface area contributed by atoms with Gasteiger partial charge in [-0.15, -0.1) is 0 Å². The van der Waals surface area contributed by atoms with Crippen LogP contribution in [0.5, 0.6) is 0 Å². The van der Waals surface area contributed by atoms with Crippen LogP contribution in [0, 0.1) is 0 Å². The summed E-state index contributed by atoms with van der Waals surface area (Å²) in [5, 5.41) is 18.1. The Balaban J connectivity index is 2.43. The van der Waals surface area contributed by atoms with Gasteiger partial charge in [-0.1, -0.05) is 12.1 Å². The van der Waals surface area contributed by atoms with E-state index < -0.39 is 6.29 Å². The third-order valence-corrected chi connectivity index (χ3v) is 1.92. The van der Waals surface area contributed by atoms with Gasteiger partial charge in [-0.05, 0) is 17.1 Å². The SMILES string of the molecule is OCc1ccc2c(c1)C(O)O[B]2. The summed E-state index contributed by atoms with van der Waals surface area (Å²) in [5.74, 6) is 0. The van der Waals surface area contributed by atoms with Crippen molar-refractivity contribution in [3.8, 4) is 0 Å². The van der Waals surface area contributed by atoms with E-state index in [1.54, 1.807) is 12.1 Å². The van der Waals surface area contributed by atoms with Crippen LogP contribution in [0.25, 0.3) is 0 Å². The van der Waals surface area contributed by atoms with E-state index in [4.69, 9.17) is 9.76 Å². The van der Waals surface area contributed by atoms with Gasteiger partial charge >= 0.3 is 7.48 Å². The lowest BCUT2D eigenvalue weighted by Crippen LogP contribution is -2.11. The highest BCUT2D eigenvalue weighted by molar-refractivity contribution is 6.49. The third kappa shape index (κ3) is 1.14. The molecule has 0 saturated carbocycles. The molecule has 3 nitrogen and oxygen atoms in total. The summed E-state index contributed by atoms with van der Waals surface area (Å²) in [4.78, 5) is 0. The van der Waals surface area contributed by atoms with Gasteiger partial charge in [-0.25, -0.2) is 0 Å². The van der Waals surface area contributed by atoms with Crippen LogP contribution in [-0.4, -0.2) is 17.7 Å². The number of hydrogen-bond acceptors (Lipinski definition) is 3. The lowest BCUT2D eigenvalue weighted by molar-refractivity contribution is -0.00802. The first kappa shape index (κ1) is 7.80. The maximum atomic E-state index is 9.27. The Morgan fingerprint density at radius 1 is 1.50 bits per heavy atom. The molecule has 1 atom stereocenters. The lowest BCUT2D eigenvalue weighted by atomic mass is 9.86. The third-order valence-electron chi connectivity index (χ3n) is 1.92. The van der Waals surface area contributed by atoms with Crippen molar-refractivity contribution in [3.63, 3.8) is 0 Å². The van der Waals surface area contributed by atoms with Crippen molar-refractivity contribution in [2.75, 3.05) is 0 Å². The molecule has 12 heavy (non-hydrogen) atoms. The molecule has 1 aromatic carbocycles. The van der Waals surface area contributed by atoms with E-state index in [0.29, 0.717) is 0 Å². The van der Waals surface area contributed by atoms with Crippen LogP contribution in [-0.2, 0) is 11.3 Å². The molecule has 1 unspecified atom stereocenters. The first-order chi connectivity index (χ1) is 5.81. The predicted octanol–water partition coefficient (Wildman–Crippen LogP) is -0.556. The van der Waals surface area contributed by atoms with Gasteiger partial charge in [0.2, 0.25) is 0 Å². The molecule has 4 heteroatoms. The van der Waals surface area contributed by atoms with Gasteiger partial charge < -0.3 is 14.9 Å². The Morgan fingerprint density at radius 2 is 2.33 bits per heavy atom. The highest BCUT2D eigenvalue weighted by Crippen LogP contribution is 2.18. The summed E-state index contributed by atoms with van der Waals surface area (Å²) in [6.45, 7) is -0.0139. The molecule has 0 saturated heterocycles.